The van der Waals surface area contributed by atoms with Gasteiger partial charge < -0.3 is 4.74 Å². The molecule has 0 N–H and O–H groups in total. The van der Waals surface area contributed by atoms with Gasteiger partial charge in [0, 0.05) is 0 Å². The first kappa shape index (κ1) is 15.3. The average molecular weight is 309 g/mol. The Morgan fingerprint density at radius 1 is 0.957 bits per heavy atom. The number of esters is 1. The molecule has 0 unspecified atom stereocenters. The highest BCUT2D eigenvalue weighted by Gasteiger charge is 2.27. The molecule has 0 radical (unpaired) electrons. The number of ether oxygens (including phenoxy) is 1. The van der Waals surface area contributed by atoms with Crippen molar-refractivity contribution < 1.29 is 14.3 Å². The number of hydrogen-bond acceptors (Lipinski definition) is 3. The highest BCUT2D eigenvalue weighted by molar-refractivity contribution is 6.09. The summed E-state index contributed by atoms with van der Waals surface area (Å²) in [5.74, 6) is -0.748. The quantitative estimate of drug-likeness (QED) is 0.645. The zero-order chi connectivity index (χ0) is 16.2. The van der Waals surface area contributed by atoms with Crippen LogP contribution in [0.4, 0.5) is 11.4 Å². The summed E-state index contributed by atoms with van der Waals surface area (Å²) in [4.78, 5) is 26.2. The van der Waals surface area contributed by atoms with Gasteiger partial charge in [0.25, 0.3) is 0 Å². The molecule has 2 aromatic rings. The molecule has 0 spiro atoms. The lowest BCUT2D eigenvalue weighted by Gasteiger charge is -2.24. The largest absolute Gasteiger partial charge is 0.466 e. The molecule has 118 valence electrons. The molecule has 1 aliphatic heterocycles. The summed E-state index contributed by atoms with van der Waals surface area (Å²) in [6, 6.07) is 15.7. The third kappa shape index (κ3) is 3.11. The number of para-hydroxylation sites is 2. The minimum Gasteiger partial charge on any atom is -0.466 e. The van der Waals surface area contributed by atoms with Crippen LogP contribution in [0.15, 0.2) is 48.5 Å². The molecule has 1 heterocycles. The van der Waals surface area contributed by atoms with Crippen molar-refractivity contribution in [3.05, 3.63) is 59.7 Å². The fraction of sp³-hybridized carbons (Fsp3) is 0.263. The normalized spacial score (nSPS) is 12.8. The molecule has 2 aromatic carbocycles. The highest BCUT2D eigenvalue weighted by Crippen LogP contribution is 2.36. The minimum atomic E-state index is -0.489. The highest BCUT2D eigenvalue weighted by atomic mass is 16.5. The smallest absolute Gasteiger partial charge is 0.315 e. The van der Waals surface area contributed by atoms with Crippen molar-refractivity contribution >= 4 is 23.3 Å². The molecule has 3 rings (SSSR count). The number of benzene rings is 2. The van der Waals surface area contributed by atoms with Crippen LogP contribution in [-0.2, 0) is 27.2 Å². The fourth-order valence-electron chi connectivity index (χ4n) is 2.96. The van der Waals surface area contributed by atoms with Crippen LogP contribution in [0.3, 0.4) is 0 Å². The zero-order valence-electron chi connectivity index (χ0n) is 13.1. The van der Waals surface area contributed by atoms with Crippen LogP contribution in [0, 0.1) is 0 Å². The molecule has 0 aliphatic carbocycles. The predicted octanol–water partition coefficient (Wildman–Crippen LogP) is 3.40. The topological polar surface area (TPSA) is 46.6 Å². The second-order valence-corrected chi connectivity index (χ2v) is 5.47. The van der Waals surface area contributed by atoms with E-state index in [1.807, 2.05) is 48.5 Å². The molecule has 0 saturated heterocycles. The van der Waals surface area contributed by atoms with Gasteiger partial charge in [-0.3, -0.25) is 14.5 Å². The monoisotopic (exact) mass is 309 g/mol. The van der Waals surface area contributed by atoms with Gasteiger partial charge in [0.1, 0.15) is 6.42 Å². The second-order valence-electron chi connectivity index (χ2n) is 5.47. The molecule has 0 fully saturated rings. The van der Waals surface area contributed by atoms with E-state index in [0.717, 1.165) is 35.3 Å². The second kappa shape index (κ2) is 6.65. The maximum absolute atomic E-state index is 12.8. The molecule has 0 saturated carbocycles. The Kier molecular flexibility index (Phi) is 4.42. The number of aryl methyl sites for hydroxylation is 2. The number of fused-ring (bicyclic) bond motifs is 2. The molecule has 1 amide bonds. The Morgan fingerprint density at radius 3 is 2.00 bits per heavy atom. The van der Waals surface area contributed by atoms with Crippen molar-refractivity contribution in [1.29, 1.82) is 0 Å². The number of carbonyl (C=O) groups is 2. The van der Waals surface area contributed by atoms with Crippen molar-refractivity contribution in [2.75, 3.05) is 11.5 Å². The summed E-state index contributed by atoms with van der Waals surface area (Å²) < 4.78 is 4.92. The lowest BCUT2D eigenvalue weighted by molar-refractivity contribution is -0.145. The van der Waals surface area contributed by atoms with Gasteiger partial charge in [0.05, 0.1) is 18.0 Å². The van der Waals surface area contributed by atoms with Crippen molar-refractivity contribution in [2.24, 2.45) is 0 Å². The summed E-state index contributed by atoms with van der Waals surface area (Å²) in [6.07, 6.45) is 1.49. The average Bonchev–Trinajstić information content (AvgIpc) is 2.71. The first-order valence-corrected chi connectivity index (χ1v) is 7.85. The number of hydrogen-bond donors (Lipinski definition) is 0. The number of rotatable bonds is 3. The van der Waals surface area contributed by atoms with E-state index in [2.05, 4.69) is 0 Å². The van der Waals surface area contributed by atoms with Gasteiger partial charge in [0.15, 0.2) is 0 Å². The number of carbonyl (C=O) groups excluding carboxylic acids is 2. The van der Waals surface area contributed by atoms with E-state index < -0.39 is 5.97 Å². The Labute approximate surface area is 135 Å². The summed E-state index contributed by atoms with van der Waals surface area (Å²) in [6.45, 7) is 2.01. The standard InChI is InChI=1S/C19H19NO3/c1-2-23-19(22)13-18(21)20-16-9-5-3-7-14(16)11-12-15-8-4-6-10-17(15)20/h3-10H,2,11-13H2,1H3. The lowest BCUT2D eigenvalue weighted by Crippen LogP contribution is -2.29. The van der Waals surface area contributed by atoms with Crippen LogP contribution < -0.4 is 4.90 Å². The zero-order valence-corrected chi connectivity index (χ0v) is 13.1. The first-order valence-electron chi connectivity index (χ1n) is 7.85. The number of anilines is 2. The van der Waals surface area contributed by atoms with Crippen LogP contribution in [0.1, 0.15) is 24.5 Å². The SMILES string of the molecule is CCOC(=O)CC(=O)N1c2ccccc2CCc2ccccc21. The van der Waals surface area contributed by atoms with Crippen molar-refractivity contribution in [2.45, 2.75) is 26.2 Å². The fourth-order valence-corrected chi connectivity index (χ4v) is 2.96. The summed E-state index contributed by atoms with van der Waals surface area (Å²) in [5.41, 5.74) is 3.93. The molecular weight excluding hydrogens is 290 g/mol. The maximum Gasteiger partial charge on any atom is 0.315 e. The van der Waals surface area contributed by atoms with Crippen molar-refractivity contribution in [1.82, 2.24) is 0 Å². The van der Waals surface area contributed by atoms with Gasteiger partial charge in [-0.15, -0.1) is 0 Å². The van der Waals surface area contributed by atoms with E-state index in [9.17, 15) is 9.59 Å². The van der Waals surface area contributed by atoms with Gasteiger partial charge in [-0.05, 0) is 43.0 Å². The Balaban J connectivity index is 2.03. The summed E-state index contributed by atoms with van der Waals surface area (Å²) >= 11 is 0. The maximum atomic E-state index is 12.8. The van der Waals surface area contributed by atoms with Crippen molar-refractivity contribution in [3.8, 4) is 0 Å². The Hall–Kier alpha value is -2.62. The van der Waals surface area contributed by atoms with Gasteiger partial charge in [-0.1, -0.05) is 36.4 Å². The Bertz CT molecular complexity index is 691. The first-order chi connectivity index (χ1) is 11.2. The van der Waals surface area contributed by atoms with Crippen LogP contribution in [-0.4, -0.2) is 18.5 Å². The van der Waals surface area contributed by atoms with E-state index in [4.69, 9.17) is 4.74 Å². The summed E-state index contributed by atoms with van der Waals surface area (Å²) in [7, 11) is 0. The van der Waals surface area contributed by atoms with Crippen LogP contribution >= 0.6 is 0 Å². The van der Waals surface area contributed by atoms with Crippen LogP contribution in [0.2, 0.25) is 0 Å². The molecule has 0 atom stereocenters. The third-order valence-electron chi connectivity index (χ3n) is 3.98. The van der Waals surface area contributed by atoms with E-state index in [1.54, 1.807) is 11.8 Å². The molecule has 0 bridgehead atoms. The minimum absolute atomic E-state index is 0.253. The summed E-state index contributed by atoms with van der Waals surface area (Å²) in [5, 5.41) is 0. The molecule has 1 aliphatic rings. The predicted molar refractivity (Wildman–Crippen MR) is 88.7 cm³/mol. The van der Waals surface area contributed by atoms with E-state index in [1.165, 1.54) is 0 Å². The molecule has 4 nitrogen and oxygen atoms in total. The molecule has 0 aromatic heterocycles. The van der Waals surface area contributed by atoms with E-state index in [0.29, 0.717) is 0 Å². The van der Waals surface area contributed by atoms with Gasteiger partial charge in [0.2, 0.25) is 5.91 Å². The van der Waals surface area contributed by atoms with E-state index in [-0.39, 0.29) is 18.9 Å². The van der Waals surface area contributed by atoms with Gasteiger partial charge in [-0.25, -0.2) is 0 Å². The third-order valence-corrected chi connectivity index (χ3v) is 3.98. The molecular formula is C19H19NO3. The van der Waals surface area contributed by atoms with E-state index >= 15 is 0 Å². The van der Waals surface area contributed by atoms with Crippen LogP contribution in [0.25, 0.3) is 0 Å². The molecule has 23 heavy (non-hydrogen) atoms. The number of nitrogens with zero attached hydrogens (tertiary/aromatic N) is 1. The van der Waals surface area contributed by atoms with Crippen molar-refractivity contribution in [3.63, 3.8) is 0 Å². The Morgan fingerprint density at radius 2 is 1.48 bits per heavy atom. The molecule has 4 heteroatoms. The lowest BCUT2D eigenvalue weighted by atomic mass is 10.0. The van der Waals surface area contributed by atoms with Gasteiger partial charge in [-0.2, -0.15) is 0 Å². The number of amides is 1. The van der Waals surface area contributed by atoms with Crippen LogP contribution in [0.5, 0.6) is 0 Å². The van der Waals surface area contributed by atoms with Gasteiger partial charge >= 0.3 is 5.97 Å².